The molecule has 2 unspecified atom stereocenters. The van der Waals surface area contributed by atoms with Crippen LogP contribution in [-0.2, 0) is 0 Å². The van der Waals surface area contributed by atoms with Gasteiger partial charge in [0, 0.05) is 31.9 Å². The maximum absolute atomic E-state index is 14.2. The van der Waals surface area contributed by atoms with Gasteiger partial charge in [-0.1, -0.05) is 0 Å². The van der Waals surface area contributed by atoms with Crippen LogP contribution in [0.5, 0.6) is 0 Å². The second-order valence-electron chi connectivity index (χ2n) is 7.43. The average Bonchev–Trinajstić information content (AvgIpc) is 3.32. The first-order chi connectivity index (χ1) is 16.0. The van der Waals surface area contributed by atoms with Crippen molar-refractivity contribution in [3.63, 3.8) is 0 Å². The summed E-state index contributed by atoms with van der Waals surface area (Å²) in [5.41, 5.74) is -0.0533. The van der Waals surface area contributed by atoms with Gasteiger partial charge in [0.05, 0.1) is 12.2 Å². The second kappa shape index (κ2) is 7.97. The fourth-order valence-corrected chi connectivity index (χ4v) is 3.37. The molecule has 5 rings (SSSR count). The van der Waals surface area contributed by atoms with Gasteiger partial charge in [-0.3, -0.25) is 14.2 Å². The highest BCUT2D eigenvalue weighted by molar-refractivity contribution is 6.00. The number of halogens is 2. The van der Waals surface area contributed by atoms with Crippen LogP contribution in [0.15, 0.2) is 53.7 Å². The summed E-state index contributed by atoms with van der Waals surface area (Å²) in [6, 6.07) is 6.81. The molecule has 33 heavy (non-hydrogen) atoms. The van der Waals surface area contributed by atoms with Crippen molar-refractivity contribution in [3.05, 3.63) is 70.7 Å². The van der Waals surface area contributed by atoms with E-state index >= 15 is 0 Å². The zero-order valence-corrected chi connectivity index (χ0v) is 17.3. The molecular weight excluding hydrogens is 434 g/mol. The van der Waals surface area contributed by atoms with Gasteiger partial charge < -0.3 is 16.0 Å². The molecule has 4 aromatic rings. The Hall–Kier alpha value is -4.35. The zero-order valence-electron chi connectivity index (χ0n) is 17.3. The zero-order chi connectivity index (χ0) is 23.1. The number of pyridine rings is 2. The lowest BCUT2D eigenvalue weighted by molar-refractivity contribution is 0.0949. The predicted molar refractivity (Wildman–Crippen MR) is 116 cm³/mol. The largest absolute Gasteiger partial charge is 0.373 e. The minimum atomic E-state index is -1.04. The molecule has 2 atom stereocenters. The van der Waals surface area contributed by atoms with Crippen molar-refractivity contribution in [1.29, 1.82) is 0 Å². The highest BCUT2D eigenvalue weighted by Crippen LogP contribution is 2.26. The number of nitrogens with zero attached hydrogens (tertiary/aromatic N) is 5. The number of aromatic nitrogens is 5. The van der Waals surface area contributed by atoms with Gasteiger partial charge in [-0.2, -0.15) is 9.61 Å². The lowest BCUT2D eigenvalue weighted by Gasteiger charge is -2.12. The number of carbonyl (C=O) groups excluding carboxylic acids is 1. The van der Waals surface area contributed by atoms with Crippen molar-refractivity contribution in [2.45, 2.75) is 18.6 Å². The van der Waals surface area contributed by atoms with Gasteiger partial charge in [-0.05, 0) is 24.3 Å². The van der Waals surface area contributed by atoms with Gasteiger partial charge in [0.25, 0.3) is 11.5 Å². The SMILES string of the molecule is CNc1cc(Nc2cccn(-c3ncccc3F)c2=O)nc2c(C(=O)NC3CC3F)cnn12. The number of rotatable bonds is 6. The van der Waals surface area contributed by atoms with Crippen molar-refractivity contribution in [2.75, 3.05) is 17.7 Å². The Morgan fingerprint density at radius 2 is 2.09 bits per heavy atom. The van der Waals surface area contributed by atoms with Crippen LogP contribution >= 0.6 is 0 Å². The number of hydrogen-bond acceptors (Lipinski definition) is 7. The lowest BCUT2D eigenvalue weighted by atomic mass is 10.3. The molecule has 1 fully saturated rings. The highest BCUT2D eigenvalue weighted by Gasteiger charge is 2.39. The quantitative estimate of drug-likeness (QED) is 0.410. The van der Waals surface area contributed by atoms with Crippen molar-refractivity contribution in [1.82, 2.24) is 29.5 Å². The average molecular weight is 452 g/mol. The Kier molecular flexibility index (Phi) is 4.96. The van der Waals surface area contributed by atoms with E-state index in [0.29, 0.717) is 5.82 Å². The van der Waals surface area contributed by atoms with E-state index in [9.17, 15) is 18.4 Å². The normalized spacial score (nSPS) is 17.1. The van der Waals surface area contributed by atoms with E-state index in [1.54, 1.807) is 19.2 Å². The molecule has 0 spiro atoms. The topological polar surface area (TPSA) is 118 Å². The minimum Gasteiger partial charge on any atom is -0.373 e. The van der Waals surface area contributed by atoms with Crippen LogP contribution in [0.2, 0.25) is 0 Å². The van der Waals surface area contributed by atoms with Gasteiger partial charge in [-0.15, -0.1) is 0 Å². The fraction of sp³-hybridized carbons (Fsp3) is 0.190. The molecule has 10 nitrogen and oxygen atoms in total. The van der Waals surface area contributed by atoms with Gasteiger partial charge in [-0.25, -0.2) is 18.7 Å². The monoisotopic (exact) mass is 452 g/mol. The van der Waals surface area contributed by atoms with Crippen LogP contribution in [0.3, 0.4) is 0 Å². The van der Waals surface area contributed by atoms with Gasteiger partial charge in [0.15, 0.2) is 17.3 Å². The summed E-state index contributed by atoms with van der Waals surface area (Å²) in [6.45, 7) is 0. The molecule has 0 saturated heterocycles. The minimum absolute atomic E-state index is 0.116. The maximum Gasteiger partial charge on any atom is 0.280 e. The number of carbonyl (C=O) groups is 1. The van der Waals surface area contributed by atoms with E-state index in [0.717, 1.165) is 4.57 Å². The Balaban J connectivity index is 1.52. The van der Waals surface area contributed by atoms with E-state index in [-0.39, 0.29) is 35.0 Å². The van der Waals surface area contributed by atoms with Crippen molar-refractivity contribution < 1.29 is 13.6 Å². The van der Waals surface area contributed by atoms with Gasteiger partial charge in [0.1, 0.15) is 29.1 Å². The lowest BCUT2D eigenvalue weighted by Crippen LogP contribution is -2.27. The molecule has 12 heteroatoms. The molecular formula is C21H18F2N8O2. The van der Waals surface area contributed by atoms with E-state index in [2.05, 4.69) is 31.0 Å². The molecule has 168 valence electrons. The number of fused-ring (bicyclic) bond motifs is 1. The van der Waals surface area contributed by atoms with Crippen molar-refractivity contribution >= 4 is 28.9 Å². The highest BCUT2D eigenvalue weighted by atomic mass is 19.1. The molecule has 1 aliphatic rings. The number of amides is 1. The number of hydrogen-bond donors (Lipinski definition) is 3. The molecule has 1 aliphatic carbocycles. The van der Waals surface area contributed by atoms with Crippen LogP contribution < -0.4 is 21.5 Å². The summed E-state index contributed by atoms with van der Waals surface area (Å²) in [7, 11) is 1.66. The smallest absolute Gasteiger partial charge is 0.280 e. The summed E-state index contributed by atoms with van der Waals surface area (Å²) in [4.78, 5) is 33.9. The number of nitrogens with one attached hydrogen (secondary N) is 3. The molecule has 1 saturated carbocycles. The van der Waals surface area contributed by atoms with E-state index in [1.165, 1.54) is 41.3 Å². The summed E-state index contributed by atoms with van der Waals surface area (Å²) < 4.78 is 29.9. The van der Waals surface area contributed by atoms with Crippen molar-refractivity contribution in [2.24, 2.45) is 0 Å². The maximum atomic E-state index is 14.2. The third-order valence-corrected chi connectivity index (χ3v) is 5.18. The summed E-state index contributed by atoms with van der Waals surface area (Å²) in [5.74, 6) is -0.535. The van der Waals surface area contributed by atoms with Gasteiger partial charge in [0.2, 0.25) is 0 Å². The van der Waals surface area contributed by atoms with E-state index < -0.39 is 29.5 Å². The standard InChI is InChI=1S/C21H18F2N8O2/c1-24-17-9-16(29-18-11(10-26-31(17)18)20(32)28-15-8-13(15)23)27-14-5-3-7-30(21(14)33)19-12(22)4-2-6-25-19/h2-7,9-10,13,15,24H,8H2,1H3,(H,27,29)(H,28,32). The first-order valence-corrected chi connectivity index (χ1v) is 10.1. The molecule has 0 bridgehead atoms. The molecule has 0 aliphatic heterocycles. The summed E-state index contributed by atoms with van der Waals surface area (Å²) in [5, 5.41) is 12.7. The molecule has 4 heterocycles. The van der Waals surface area contributed by atoms with Crippen molar-refractivity contribution in [3.8, 4) is 5.82 Å². The Bertz CT molecular complexity index is 1430. The van der Waals surface area contributed by atoms with Gasteiger partial charge >= 0.3 is 0 Å². The predicted octanol–water partition coefficient (Wildman–Crippen LogP) is 2.04. The molecule has 3 N–H and O–H groups in total. The first-order valence-electron chi connectivity index (χ1n) is 10.1. The Morgan fingerprint density at radius 1 is 1.27 bits per heavy atom. The Morgan fingerprint density at radius 3 is 2.82 bits per heavy atom. The third kappa shape index (κ3) is 3.75. The Labute approximate surface area is 185 Å². The number of anilines is 3. The molecule has 0 aromatic carbocycles. The van der Waals surface area contributed by atoms with Crippen LogP contribution in [0, 0.1) is 5.82 Å². The summed E-state index contributed by atoms with van der Waals surface area (Å²) in [6.07, 6.45) is 3.38. The third-order valence-electron chi connectivity index (χ3n) is 5.18. The van der Waals surface area contributed by atoms with Crippen LogP contribution in [0.4, 0.5) is 26.1 Å². The fourth-order valence-electron chi connectivity index (χ4n) is 3.37. The number of alkyl halides is 1. The summed E-state index contributed by atoms with van der Waals surface area (Å²) >= 11 is 0. The van der Waals surface area contributed by atoms with Crippen LogP contribution in [0.1, 0.15) is 16.8 Å². The molecule has 1 amide bonds. The molecule has 4 aromatic heterocycles. The molecule has 0 radical (unpaired) electrons. The second-order valence-corrected chi connectivity index (χ2v) is 7.43. The van der Waals surface area contributed by atoms with Crippen LogP contribution in [0.25, 0.3) is 11.5 Å². The van der Waals surface area contributed by atoms with Crippen LogP contribution in [-0.4, -0.2) is 49.3 Å². The van der Waals surface area contributed by atoms with E-state index in [4.69, 9.17) is 0 Å². The first kappa shape index (κ1) is 20.5. The van der Waals surface area contributed by atoms with E-state index in [1.807, 2.05) is 0 Å².